The molecule has 96 valence electrons. The van der Waals surface area contributed by atoms with Gasteiger partial charge in [0.1, 0.15) is 6.04 Å². The van der Waals surface area contributed by atoms with Crippen molar-refractivity contribution in [1.82, 2.24) is 9.55 Å². The largest absolute Gasteiger partial charge is 0.465 e. The fraction of sp³-hybridized carbons (Fsp3) is 0.636. The zero-order valence-corrected chi connectivity index (χ0v) is 11.1. The predicted molar refractivity (Wildman–Crippen MR) is 68.7 cm³/mol. The maximum atomic E-state index is 11.3. The summed E-state index contributed by atoms with van der Waals surface area (Å²) in [5.74, 6) is 1.04. The van der Waals surface area contributed by atoms with Crippen LogP contribution in [0, 0.1) is 0 Å². The number of hydrogen-bond donors (Lipinski definition) is 1. The van der Waals surface area contributed by atoms with Crippen molar-refractivity contribution in [2.75, 3.05) is 12.4 Å². The Kier molecular flexibility index (Phi) is 6.07. The Morgan fingerprint density at radius 1 is 1.65 bits per heavy atom. The van der Waals surface area contributed by atoms with E-state index in [0.717, 1.165) is 18.0 Å². The SMILES string of the molecule is CCOC(=O)C(N)CSCc1cncn1CC. The molecule has 1 heterocycles. The number of carbonyl (C=O) groups is 1. The minimum Gasteiger partial charge on any atom is -0.465 e. The van der Waals surface area contributed by atoms with E-state index >= 15 is 0 Å². The quantitative estimate of drug-likeness (QED) is 0.739. The lowest BCUT2D eigenvalue weighted by Gasteiger charge is -2.10. The number of aryl methyl sites for hydroxylation is 1. The number of nitrogens with two attached hydrogens (primary N) is 1. The Bertz CT molecular complexity index is 354. The minimum atomic E-state index is -0.544. The van der Waals surface area contributed by atoms with Gasteiger partial charge in [-0.15, -0.1) is 0 Å². The first-order valence-corrected chi connectivity index (χ1v) is 6.83. The molecule has 1 aromatic rings. The molecule has 0 spiro atoms. The van der Waals surface area contributed by atoms with Crippen molar-refractivity contribution in [1.29, 1.82) is 0 Å². The highest BCUT2D eigenvalue weighted by molar-refractivity contribution is 7.98. The number of thioether (sulfide) groups is 1. The first-order chi connectivity index (χ1) is 8.19. The van der Waals surface area contributed by atoms with Gasteiger partial charge in [0, 0.05) is 29.9 Å². The van der Waals surface area contributed by atoms with Crippen LogP contribution in [-0.2, 0) is 21.8 Å². The average Bonchev–Trinajstić information content (AvgIpc) is 2.76. The van der Waals surface area contributed by atoms with Crippen LogP contribution in [0.2, 0.25) is 0 Å². The molecule has 2 N–H and O–H groups in total. The number of aromatic nitrogens is 2. The van der Waals surface area contributed by atoms with Gasteiger partial charge in [-0.2, -0.15) is 11.8 Å². The summed E-state index contributed by atoms with van der Waals surface area (Å²) < 4.78 is 6.91. The predicted octanol–water partition coefficient (Wildman–Crippen LogP) is 1.03. The van der Waals surface area contributed by atoms with Crippen LogP contribution in [0.4, 0.5) is 0 Å². The molecule has 6 heteroatoms. The first-order valence-electron chi connectivity index (χ1n) is 5.68. The Hall–Kier alpha value is -1.01. The summed E-state index contributed by atoms with van der Waals surface area (Å²) in [4.78, 5) is 15.4. The highest BCUT2D eigenvalue weighted by atomic mass is 32.2. The van der Waals surface area contributed by atoms with Gasteiger partial charge >= 0.3 is 5.97 Å². The third-order valence-corrected chi connectivity index (χ3v) is 3.37. The van der Waals surface area contributed by atoms with E-state index in [9.17, 15) is 4.79 Å². The number of esters is 1. The van der Waals surface area contributed by atoms with Crippen molar-refractivity contribution in [3.8, 4) is 0 Å². The minimum absolute atomic E-state index is 0.330. The summed E-state index contributed by atoms with van der Waals surface area (Å²) in [5, 5.41) is 0. The van der Waals surface area contributed by atoms with E-state index in [1.54, 1.807) is 25.0 Å². The number of rotatable bonds is 7. The molecule has 0 bridgehead atoms. The molecule has 0 aromatic carbocycles. The van der Waals surface area contributed by atoms with E-state index in [1.807, 2.05) is 6.20 Å². The van der Waals surface area contributed by atoms with Crippen molar-refractivity contribution in [2.45, 2.75) is 32.2 Å². The number of hydrogen-bond acceptors (Lipinski definition) is 5. The molecule has 0 radical (unpaired) electrons. The Balaban J connectivity index is 2.30. The summed E-state index contributed by atoms with van der Waals surface area (Å²) in [6.45, 7) is 5.12. The van der Waals surface area contributed by atoms with Gasteiger partial charge in [-0.3, -0.25) is 4.79 Å². The van der Waals surface area contributed by atoms with Gasteiger partial charge in [0.05, 0.1) is 12.9 Å². The van der Waals surface area contributed by atoms with Crippen molar-refractivity contribution in [2.24, 2.45) is 5.73 Å². The van der Waals surface area contributed by atoms with Gasteiger partial charge in [0.25, 0.3) is 0 Å². The van der Waals surface area contributed by atoms with Crippen LogP contribution < -0.4 is 5.73 Å². The highest BCUT2D eigenvalue weighted by Crippen LogP contribution is 2.12. The smallest absolute Gasteiger partial charge is 0.323 e. The second-order valence-corrected chi connectivity index (χ2v) is 4.57. The molecule has 5 nitrogen and oxygen atoms in total. The molecular formula is C11H19N3O2S. The van der Waals surface area contributed by atoms with E-state index in [4.69, 9.17) is 10.5 Å². The van der Waals surface area contributed by atoms with Gasteiger partial charge in [-0.05, 0) is 13.8 Å². The normalized spacial score (nSPS) is 12.4. The van der Waals surface area contributed by atoms with Crippen molar-refractivity contribution < 1.29 is 9.53 Å². The molecule has 1 atom stereocenters. The topological polar surface area (TPSA) is 70.1 Å². The standard InChI is InChI=1S/C11H19N3O2S/c1-3-14-8-13-5-9(14)6-17-7-10(12)11(15)16-4-2/h5,8,10H,3-4,6-7,12H2,1-2H3. The number of ether oxygens (including phenoxy) is 1. The van der Waals surface area contributed by atoms with Crippen molar-refractivity contribution >= 4 is 17.7 Å². The molecular weight excluding hydrogens is 238 g/mol. The second-order valence-electron chi connectivity index (χ2n) is 3.54. The summed E-state index contributed by atoms with van der Waals surface area (Å²) >= 11 is 1.62. The van der Waals surface area contributed by atoms with Gasteiger partial charge in [0.15, 0.2) is 0 Å². The lowest BCUT2D eigenvalue weighted by atomic mass is 10.4. The monoisotopic (exact) mass is 257 g/mol. The lowest BCUT2D eigenvalue weighted by molar-refractivity contribution is -0.144. The number of carbonyl (C=O) groups excluding carboxylic acids is 1. The lowest BCUT2D eigenvalue weighted by Crippen LogP contribution is -2.34. The third-order valence-electron chi connectivity index (χ3n) is 2.28. The van der Waals surface area contributed by atoms with Crippen LogP contribution >= 0.6 is 11.8 Å². The highest BCUT2D eigenvalue weighted by Gasteiger charge is 2.14. The molecule has 1 rings (SSSR count). The van der Waals surface area contributed by atoms with E-state index in [0.29, 0.717) is 12.4 Å². The number of imidazole rings is 1. The van der Waals surface area contributed by atoms with Crippen molar-refractivity contribution in [3.05, 3.63) is 18.2 Å². The van der Waals surface area contributed by atoms with Crippen molar-refractivity contribution in [3.63, 3.8) is 0 Å². The molecule has 0 saturated heterocycles. The van der Waals surface area contributed by atoms with Crippen LogP contribution in [0.5, 0.6) is 0 Å². The van der Waals surface area contributed by atoms with Crippen LogP contribution in [0.15, 0.2) is 12.5 Å². The third kappa shape index (κ3) is 4.40. The molecule has 0 aliphatic carbocycles. The molecule has 0 aliphatic rings. The van der Waals surface area contributed by atoms with Gasteiger partial charge in [0.2, 0.25) is 0 Å². The Morgan fingerprint density at radius 2 is 2.41 bits per heavy atom. The fourth-order valence-electron chi connectivity index (χ4n) is 1.36. The summed E-state index contributed by atoms with van der Waals surface area (Å²) in [6.07, 6.45) is 3.65. The maximum Gasteiger partial charge on any atom is 0.323 e. The average molecular weight is 257 g/mol. The van der Waals surface area contributed by atoms with Gasteiger partial charge in [-0.1, -0.05) is 0 Å². The molecule has 1 unspecified atom stereocenters. The first kappa shape index (κ1) is 14.1. The zero-order valence-electron chi connectivity index (χ0n) is 10.3. The van der Waals surface area contributed by atoms with Crippen LogP contribution in [0.1, 0.15) is 19.5 Å². The van der Waals surface area contributed by atoms with E-state index in [1.165, 1.54) is 0 Å². The molecule has 0 fully saturated rings. The van der Waals surface area contributed by atoms with Crippen LogP contribution in [-0.4, -0.2) is 33.9 Å². The van der Waals surface area contributed by atoms with Crippen LogP contribution in [0.25, 0.3) is 0 Å². The molecule has 0 amide bonds. The summed E-state index contributed by atoms with van der Waals surface area (Å²) in [7, 11) is 0. The second kappa shape index (κ2) is 7.34. The van der Waals surface area contributed by atoms with E-state index in [2.05, 4.69) is 16.5 Å². The van der Waals surface area contributed by atoms with Crippen LogP contribution in [0.3, 0.4) is 0 Å². The molecule has 1 aromatic heterocycles. The van der Waals surface area contributed by atoms with E-state index < -0.39 is 6.04 Å². The Morgan fingerprint density at radius 3 is 3.06 bits per heavy atom. The zero-order chi connectivity index (χ0) is 12.7. The summed E-state index contributed by atoms with van der Waals surface area (Å²) in [5.41, 5.74) is 6.84. The number of nitrogens with zero attached hydrogens (tertiary/aromatic N) is 2. The van der Waals surface area contributed by atoms with E-state index in [-0.39, 0.29) is 5.97 Å². The van der Waals surface area contributed by atoms with Gasteiger partial charge < -0.3 is 15.0 Å². The molecule has 0 saturated carbocycles. The summed E-state index contributed by atoms with van der Waals surface area (Å²) in [6, 6.07) is -0.544. The van der Waals surface area contributed by atoms with Gasteiger partial charge in [-0.25, -0.2) is 4.98 Å². The molecule has 17 heavy (non-hydrogen) atoms. The molecule has 0 aliphatic heterocycles. The maximum absolute atomic E-state index is 11.3. The fourth-order valence-corrected chi connectivity index (χ4v) is 2.32. The Labute approximate surface area is 106 Å².